The summed E-state index contributed by atoms with van der Waals surface area (Å²) in [6, 6.07) is 0. The van der Waals surface area contributed by atoms with Crippen LogP contribution >= 0.6 is 0 Å². The molecule has 1 aliphatic rings. The van der Waals surface area contributed by atoms with E-state index in [-0.39, 0.29) is 23.8 Å². The molecule has 1 heterocycles. The first kappa shape index (κ1) is 23.0. The Morgan fingerprint density at radius 3 is 2.07 bits per heavy atom. The molecule has 0 bridgehead atoms. The Morgan fingerprint density at radius 1 is 0.963 bits per heavy atom. The van der Waals surface area contributed by atoms with Crippen LogP contribution in [0.5, 0.6) is 0 Å². The van der Waals surface area contributed by atoms with E-state index in [0.717, 1.165) is 5.57 Å². The number of rotatable bonds is 3. The summed E-state index contributed by atoms with van der Waals surface area (Å²) in [5, 5.41) is 2.49. The lowest BCUT2D eigenvalue weighted by atomic mass is 9.87. The van der Waals surface area contributed by atoms with Gasteiger partial charge in [0.05, 0.1) is 0 Å². The van der Waals surface area contributed by atoms with E-state index in [4.69, 9.17) is 4.74 Å². The van der Waals surface area contributed by atoms with Crippen molar-refractivity contribution >= 4 is 17.9 Å². The van der Waals surface area contributed by atoms with Crippen molar-refractivity contribution in [3.8, 4) is 0 Å². The molecule has 0 aromatic rings. The maximum Gasteiger partial charge on any atom is 0.408 e. The van der Waals surface area contributed by atoms with Gasteiger partial charge in [-0.25, -0.2) is 4.79 Å². The Labute approximate surface area is 163 Å². The van der Waals surface area contributed by atoms with Gasteiger partial charge in [0, 0.05) is 32.3 Å². The van der Waals surface area contributed by atoms with Crippen LogP contribution in [0.3, 0.4) is 0 Å². The number of hydrogen-bond donors (Lipinski definition) is 1. The van der Waals surface area contributed by atoms with Crippen LogP contribution in [0, 0.1) is 5.41 Å². The van der Waals surface area contributed by atoms with E-state index in [1.54, 1.807) is 36.6 Å². The summed E-state index contributed by atoms with van der Waals surface area (Å²) < 4.78 is 5.13. The zero-order valence-corrected chi connectivity index (χ0v) is 17.8. The van der Waals surface area contributed by atoms with Crippen LogP contribution < -0.4 is 5.32 Å². The number of amides is 3. The van der Waals surface area contributed by atoms with E-state index in [2.05, 4.69) is 26.1 Å². The Morgan fingerprint density at radius 2 is 1.52 bits per heavy atom. The molecule has 1 saturated heterocycles. The molecule has 0 aromatic heterocycles. The Balaban J connectivity index is 2.54. The lowest BCUT2D eigenvalue weighted by molar-refractivity contribution is -0.131. The molecular weight excluding hydrogens is 346 g/mol. The molecule has 0 saturated carbocycles. The molecular formula is C20H35N3O4. The number of nitrogens with zero attached hydrogens (tertiary/aromatic N) is 2. The number of allylic oxidation sites excluding steroid dienone is 1. The summed E-state index contributed by atoms with van der Waals surface area (Å²) in [4.78, 5) is 40.0. The molecule has 0 aromatic carbocycles. The predicted octanol–water partition coefficient (Wildman–Crippen LogP) is 2.56. The van der Waals surface area contributed by atoms with Gasteiger partial charge in [-0.1, -0.05) is 26.3 Å². The fraction of sp³-hybridized carbons (Fsp3) is 0.750. The SMILES string of the molecule is C/C(=C\C(=O)N1CCCN(C(=O)CNC(=O)OC(C)(C)C)CC1)C(C)(C)C. The van der Waals surface area contributed by atoms with Crippen molar-refractivity contribution in [2.24, 2.45) is 5.41 Å². The average molecular weight is 382 g/mol. The van der Waals surface area contributed by atoms with Crippen molar-refractivity contribution < 1.29 is 19.1 Å². The third-order valence-corrected chi connectivity index (χ3v) is 4.47. The van der Waals surface area contributed by atoms with Gasteiger partial charge in [0.2, 0.25) is 11.8 Å². The van der Waals surface area contributed by atoms with Gasteiger partial charge < -0.3 is 19.9 Å². The summed E-state index contributed by atoms with van der Waals surface area (Å²) in [5.41, 5.74) is 0.387. The molecule has 27 heavy (non-hydrogen) atoms. The molecule has 0 radical (unpaired) electrons. The topological polar surface area (TPSA) is 79.0 Å². The number of carbonyl (C=O) groups excluding carboxylic acids is 3. The molecule has 1 N–H and O–H groups in total. The third kappa shape index (κ3) is 8.45. The first-order chi connectivity index (χ1) is 12.3. The van der Waals surface area contributed by atoms with Crippen LogP contribution in [0.15, 0.2) is 11.6 Å². The van der Waals surface area contributed by atoms with E-state index in [9.17, 15) is 14.4 Å². The molecule has 3 amide bonds. The van der Waals surface area contributed by atoms with Gasteiger partial charge >= 0.3 is 6.09 Å². The van der Waals surface area contributed by atoms with Crippen LogP contribution in [0.1, 0.15) is 54.9 Å². The standard InChI is InChI=1S/C20H35N3O4/c1-15(19(2,3)4)13-16(24)22-9-8-10-23(12-11-22)17(25)14-21-18(26)27-20(5,6)7/h13H,8-12,14H2,1-7H3,(H,21,26)/b15-13+. The fourth-order valence-corrected chi connectivity index (χ4v) is 2.45. The van der Waals surface area contributed by atoms with E-state index in [1.165, 1.54) is 0 Å². The normalized spacial score (nSPS) is 16.6. The lowest BCUT2D eigenvalue weighted by Crippen LogP contribution is -2.43. The number of hydrogen-bond acceptors (Lipinski definition) is 4. The van der Waals surface area contributed by atoms with Gasteiger partial charge in [0.25, 0.3) is 0 Å². The zero-order chi connectivity index (χ0) is 20.8. The smallest absolute Gasteiger partial charge is 0.408 e. The van der Waals surface area contributed by atoms with Gasteiger partial charge in [0.1, 0.15) is 12.1 Å². The summed E-state index contributed by atoms with van der Waals surface area (Å²) >= 11 is 0. The fourth-order valence-electron chi connectivity index (χ4n) is 2.45. The minimum atomic E-state index is -0.606. The summed E-state index contributed by atoms with van der Waals surface area (Å²) in [5.74, 6) is -0.180. The molecule has 0 aliphatic carbocycles. The largest absolute Gasteiger partial charge is 0.444 e. The second-order valence-corrected chi connectivity index (χ2v) is 8.99. The maximum absolute atomic E-state index is 12.5. The number of nitrogens with one attached hydrogen (secondary N) is 1. The van der Waals surface area contributed by atoms with Gasteiger partial charge in [-0.05, 0) is 39.5 Å². The highest BCUT2D eigenvalue weighted by molar-refractivity contribution is 5.88. The van der Waals surface area contributed by atoms with Crippen LogP contribution in [-0.2, 0) is 14.3 Å². The van der Waals surface area contributed by atoms with Crippen molar-refractivity contribution in [2.75, 3.05) is 32.7 Å². The van der Waals surface area contributed by atoms with Crippen LogP contribution in [0.25, 0.3) is 0 Å². The molecule has 1 aliphatic heterocycles. The molecule has 7 heteroatoms. The lowest BCUT2D eigenvalue weighted by Gasteiger charge is -2.24. The van der Waals surface area contributed by atoms with Gasteiger partial charge in [0.15, 0.2) is 0 Å². The van der Waals surface area contributed by atoms with Crippen LogP contribution in [-0.4, -0.2) is 66.0 Å². The van der Waals surface area contributed by atoms with Crippen molar-refractivity contribution in [3.63, 3.8) is 0 Å². The average Bonchev–Trinajstić information content (AvgIpc) is 2.76. The summed E-state index contributed by atoms with van der Waals surface area (Å²) in [6.07, 6.45) is 1.80. The van der Waals surface area contributed by atoms with E-state index in [1.807, 2.05) is 6.92 Å². The zero-order valence-electron chi connectivity index (χ0n) is 17.8. The third-order valence-electron chi connectivity index (χ3n) is 4.47. The van der Waals surface area contributed by atoms with Crippen molar-refractivity contribution in [2.45, 2.75) is 60.5 Å². The van der Waals surface area contributed by atoms with Gasteiger partial charge in [-0.2, -0.15) is 0 Å². The van der Waals surface area contributed by atoms with Crippen molar-refractivity contribution in [3.05, 3.63) is 11.6 Å². The van der Waals surface area contributed by atoms with Gasteiger partial charge in [-0.15, -0.1) is 0 Å². The first-order valence-corrected chi connectivity index (χ1v) is 9.52. The Bertz CT molecular complexity index is 585. The van der Waals surface area contributed by atoms with Gasteiger partial charge in [-0.3, -0.25) is 9.59 Å². The predicted molar refractivity (Wildman–Crippen MR) is 105 cm³/mol. The molecule has 1 fully saturated rings. The van der Waals surface area contributed by atoms with Crippen molar-refractivity contribution in [1.82, 2.24) is 15.1 Å². The Kier molecular flexibility index (Phi) is 7.87. The summed E-state index contributed by atoms with van der Waals surface area (Å²) in [7, 11) is 0. The van der Waals surface area contributed by atoms with Crippen molar-refractivity contribution in [1.29, 1.82) is 0 Å². The monoisotopic (exact) mass is 381 g/mol. The number of ether oxygens (including phenoxy) is 1. The highest BCUT2D eigenvalue weighted by atomic mass is 16.6. The van der Waals surface area contributed by atoms with Crippen LogP contribution in [0.2, 0.25) is 0 Å². The molecule has 0 atom stereocenters. The van der Waals surface area contributed by atoms with E-state index in [0.29, 0.717) is 32.6 Å². The van der Waals surface area contributed by atoms with E-state index >= 15 is 0 Å². The molecule has 0 spiro atoms. The maximum atomic E-state index is 12.5. The minimum Gasteiger partial charge on any atom is -0.444 e. The second-order valence-electron chi connectivity index (χ2n) is 8.99. The minimum absolute atomic E-state index is 0.0106. The first-order valence-electron chi connectivity index (χ1n) is 9.52. The molecule has 0 unspecified atom stereocenters. The second kappa shape index (κ2) is 9.24. The quantitative estimate of drug-likeness (QED) is 0.762. The molecule has 1 rings (SSSR count). The molecule has 7 nitrogen and oxygen atoms in total. The summed E-state index contributed by atoms with van der Waals surface area (Å²) in [6.45, 7) is 15.5. The molecule has 154 valence electrons. The van der Waals surface area contributed by atoms with Crippen LogP contribution in [0.4, 0.5) is 4.79 Å². The highest BCUT2D eigenvalue weighted by Crippen LogP contribution is 2.24. The number of carbonyl (C=O) groups is 3. The van der Waals surface area contributed by atoms with E-state index < -0.39 is 11.7 Å². The Hall–Kier alpha value is -2.05. The number of alkyl carbamates (subject to hydrolysis) is 1. The highest BCUT2D eigenvalue weighted by Gasteiger charge is 2.23.